The van der Waals surface area contributed by atoms with E-state index in [1.165, 1.54) is 12.4 Å². The van der Waals surface area contributed by atoms with Crippen LogP contribution in [0, 0.1) is 0 Å². The van der Waals surface area contributed by atoms with E-state index in [0.717, 1.165) is 5.56 Å². The summed E-state index contributed by atoms with van der Waals surface area (Å²) in [5, 5.41) is 10.1. The van der Waals surface area contributed by atoms with Crippen molar-refractivity contribution in [1.82, 2.24) is 9.97 Å². The summed E-state index contributed by atoms with van der Waals surface area (Å²) in [6.45, 7) is 5.87. The van der Waals surface area contributed by atoms with Crippen LogP contribution < -0.4 is 4.74 Å². The van der Waals surface area contributed by atoms with Gasteiger partial charge in [0, 0.05) is 11.6 Å². The van der Waals surface area contributed by atoms with Crippen molar-refractivity contribution in [1.29, 1.82) is 0 Å². The van der Waals surface area contributed by atoms with E-state index in [2.05, 4.69) is 9.97 Å². The molecule has 0 bridgehead atoms. The summed E-state index contributed by atoms with van der Waals surface area (Å²) in [7, 11) is 0. The number of carbonyl (C=O) groups excluding carboxylic acids is 1. The van der Waals surface area contributed by atoms with E-state index in [-0.39, 0.29) is 18.3 Å². The Bertz CT molecular complexity index is 621. The van der Waals surface area contributed by atoms with Gasteiger partial charge in [-0.25, -0.2) is 9.78 Å². The van der Waals surface area contributed by atoms with E-state index in [4.69, 9.17) is 9.47 Å². The Morgan fingerprint density at radius 3 is 2.76 bits per heavy atom. The molecule has 0 spiro atoms. The molecule has 0 atom stereocenters. The topological polar surface area (TPSA) is 84.4 Å². The third-order valence-electron chi connectivity index (χ3n) is 2.99. The molecule has 0 aliphatic heterocycles. The van der Waals surface area contributed by atoms with E-state index < -0.39 is 6.16 Å². The number of imidazole rings is 1. The van der Waals surface area contributed by atoms with Gasteiger partial charge in [-0.15, -0.1) is 0 Å². The van der Waals surface area contributed by atoms with E-state index >= 15 is 0 Å². The van der Waals surface area contributed by atoms with Crippen molar-refractivity contribution in [2.75, 3.05) is 6.61 Å². The SMILES string of the molecule is CCOC(=O)Oc1cc(O)c(-c2cnc[nH]2)cc1C(C)C. The number of aromatic nitrogens is 2. The molecule has 6 nitrogen and oxygen atoms in total. The molecule has 0 aliphatic carbocycles. The molecule has 0 radical (unpaired) electrons. The largest absolute Gasteiger partial charge is 0.513 e. The highest BCUT2D eigenvalue weighted by Gasteiger charge is 2.17. The van der Waals surface area contributed by atoms with Crippen molar-refractivity contribution in [2.45, 2.75) is 26.7 Å². The molecule has 0 saturated heterocycles. The number of aromatic amines is 1. The Morgan fingerprint density at radius 2 is 2.19 bits per heavy atom. The zero-order valence-corrected chi connectivity index (χ0v) is 12.2. The normalized spacial score (nSPS) is 10.7. The van der Waals surface area contributed by atoms with Crippen molar-refractivity contribution in [2.24, 2.45) is 0 Å². The predicted molar refractivity (Wildman–Crippen MR) is 77.4 cm³/mol. The number of H-pyrrole nitrogens is 1. The lowest BCUT2D eigenvalue weighted by Crippen LogP contribution is -2.11. The van der Waals surface area contributed by atoms with Gasteiger partial charge in [0.25, 0.3) is 0 Å². The zero-order chi connectivity index (χ0) is 15.4. The summed E-state index contributed by atoms with van der Waals surface area (Å²) in [5.74, 6) is 0.406. The highest BCUT2D eigenvalue weighted by Crippen LogP contribution is 2.37. The van der Waals surface area contributed by atoms with Crippen LogP contribution in [-0.4, -0.2) is 27.8 Å². The van der Waals surface area contributed by atoms with Crippen molar-refractivity contribution >= 4 is 6.16 Å². The average molecular weight is 290 g/mol. The molecule has 2 N–H and O–H groups in total. The lowest BCUT2D eigenvalue weighted by Gasteiger charge is -2.15. The van der Waals surface area contributed by atoms with Crippen LogP contribution in [0.2, 0.25) is 0 Å². The van der Waals surface area contributed by atoms with Crippen molar-refractivity contribution in [3.05, 3.63) is 30.2 Å². The van der Waals surface area contributed by atoms with Crippen LogP contribution in [0.1, 0.15) is 32.3 Å². The number of benzene rings is 1. The summed E-state index contributed by atoms with van der Waals surface area (Å²) in [4.78, 5) is 18.3. The van der Waals surface area contributed by atoms with Gasteiger partial charge in [-0.05, 0) is 24.5 Å². The first kappa shape index (κ1) is 14.9. The number of rotatable bonds is 4. The van der Waals surface area contributed by atoms with Crippen LogP contribution >= 0.6 is 0 Å². The Morgan fingerprint density at radius 1 is 1.43 bits per heavy atom. The molecular formula is C15H18N2O4. The molecule has 2 rings (SSSR count). The molecule has 21 heavy (non-hydrogen) atoms. The van der Waals surface area contributed by atoms with Crippen LogP contribution in [-0.2, 0) is 4.74 Å². The van der Waals surface area contributed by atoms with Gasteiger partial charge in [0.15, 0.2) is 0 Å². The van der Waals surface area contributed by atoms with Gasteiger partial charge in [-0.3, -0.25) is 0 Å². The molecule has 2 aromatic rings. The van der Waals surface area contributed by atoms with E-state index in [1.54, 1.807) is 19.2 Å². The molecule has 1 heterocycles. The van der Waals surface area contributed by atoms with Crippen molar-refractivity contribution in [3.8, 4) is 22.8 Å². The number of aromatic hydroxyl groups is 1. The number of phenols is 1. The third kappa shape index (κ3) is 3.34. The van der Waals surface area contributed by atoms with Gasteiger partial charge in [0.05, 0.1) is 24.8 Å². The lowest BCUT2D eigenvalue weighted by atomic mass is 9.98. The number of hydrogen-bond donors (Lipinski definition) is 2. The van der Waals surface area contributed by atoms with Gasteiger partial charge >= 0.3 is 6.16 Å². The molecule has 112 valence electrons. The average Bonchev–Trinajstić information content (AvgIpc) is 2.92. The van der Waals surface area contributed by atoms with E-state index in [1.807, 2.05) is 13.8 Å². The Hall–Kier alpha value is -2.50. The maximum absolute atomic E-state index is 11.5. The van der Waals surface area contributed by atoms with Gasteiger partial charge in [0.2, 0.25) is 0 Å². The number of hydrogen-bond acceptors (Lipinski definition) is 5. The number of nitrogens with zero attached hydrogens (tertiary/aromatic N) is 1. The first-order chi connectivity index (χ1) is 10.0. The standard InChI is InChI=1S/C15H18N2O4/c1-4-20-15(19)21-14-6-13(18)11(5-10(14)9(2)3)12-7-16-8-17-12/h5-9,18H,4H2,1-3H3,(H,16,17). The van der Waals surface area contributed by atoms with Crippen LogP contribution in [0.4, 0.5) is 4.79 Å². The van der Waals surface area contributed by atoms with Gasteiger partial charge < -0.3 is 19.6 Å². The maximum atomic E-state index is 11.5. The second-order valence-corrected chi connectivity index (χ2v) is 4.81. The zero-order valence-electron chi connectivity index (χ0n) is 12.2. The van der Waals surface area contributed by atoms with Crippen molar-refractivity contribution < 1.29 is 19.4 Å². The molecule has 0 fully saturated rings. The maximum Gasteiger partial charge on any atom is 0.513 e. The fourth-order valence-electron chi connectivity index (χ4n) is 1.98. The highest BCUT2D eigenvalue weighted by atomic mass is 16.7. The molecule has 1 aromatic carbocycles. The molecular weight excluding hydrogens is 272 g/mol. The molecule has 0 amide bonds. The first-order valence-electron chi connectivity index (χ1n) is 6.73. The highest BCUT2D eigenvalue weighted by molar-refractivity contribution is 5.72. The van der Waals surface area contributed by atoms with Crippen LogP contribution in [0.15, 0.2) is 24.7 Å². The predicted octanol–water partition coefficient (Wildman–Crippen LogP) is 3.44. The first-order valence-corrected chi connectivity index (χ1v) is 6.73. The molecule has 0 unspecified atom stereocenters. The molecule has 0 saturated carbocycles. The summed E-state index contributed by atoms with van der Waals surface area (Å²) in [5.41, 5.74) is 2.09. The number of phenolic OH excluding ortho intramolecular Hbond substituents is 1. The van der Waals surface area contributed by atoms with Gasteiger partial charge in [-0.1, -0.05) is 13.8 Å². The fourth-order valence-corrected chi connectivity index (χ4v) is 1.98. The van der Waals surface area contributed by atoms with Crippen molar-refractivity contribution in [3.63, 3.8) is 0 Å². The Balaban J connectivity index is 2.42. The minimum atomic E-state index is -0.784. The van der Waals surface area contributed by atoms with Crippen LogP contribution in [0.5, 0.6) is 11.5 Å². The minimum Gasteiger partial charge on any atom is -0.507 e. The summed E-state index contributed by atoms with van der Waals surface area (Å²) in [6.07, 6.45) is 2.37. The smallest absolute Gasteiger partial charge is 0.507 e. The van der Waals surface area contributed by atoms with E-state index in [0.29, 0.717) is 17.0 Å². The molecule has 6 heteroatoms. The fraction of sp³-hybridized carbons (Fsp3) is 0.333. The summed E-state index contributed by atoms with van der Waals surface area (Å²) < 4.78 is 9.92. The van der Waals surface area contributed by atoms with Crippen LogP contribution in [0.3, 0.4) is 0 Å². The minimum absolute atomic E-state index is 0.00273. The van der Waals surface area contributed by atoms with Gasteiger partial charge in [0.1, 0.15) is 11.5 Å². The third-order valence-corrected chi connectivity index (χ3v) is 2.99. The number of carbonyl (C=O) groups is 1. The second kappa shape index (κ2) is 6.30. The van der Waals surface area contributed by atoms with E-state index in [9.17, 15) is 9.90 Å². The Kier molecular flexibility index (Phi) is 4.47. The van der Waals surface area contributed by atoms with Gasteiger partial charge in [-0.2, -0.15) is 0 Å². The number of ether oxygens (including phenoxy) is 2. The summed E-state index contributed by atoms with van der Waals surface area (Å²) >= 11 is 0. The second-order valence-electron chi connectivity index (χ2n) is 4.81. The monoisotopic (exact) mass is 290 g/mol. The molecule has 0 aliphatic rings. The quantitative estimate of drug-likeness (QED) is 0.665. The van der Waals surface area contributed by atoms with Crippen LogP contribution in [0.25, 0.3) is 11.3 Å². The number of nitrogens with one attached hydrogen (secondary N) is 1. The Labute approximate surface area is 122 Å². The summed E-state index contributed by atoms with van der Waals surface area (Å²) in [6, 6.07) is 3.20. The molecule has 1 aromatic heterocycles. The lowest BCUT2D eigenvalue weighted by molar-refractivity contribution is 0.104.